The minimum Gasteiger partial charge on any atom is -0.289 e. The predicted molar refractivity (Wildman–Crippen MR) is 165 cm³/mol. The summed E-state index contributed by atoms with van der Waals surface area (Å²) >= 11 is 0. The molecular formula is C34H60O. The molecular weight excluding hydrogens is 424 g/mol. The molecule has 0 unspecified atom stereocenters. The number of carbonyl (C=O) groups is 1. The van der Waals surface area contributed by atoms with Gasteiger partial charge in [0, 0.05) is 11.1 Å². The van der Waals surface area contributed by atoms with Gasteiger partial charge in [0.15, 0.2) is 5.78 Å². The van der Waals surface area contributed by atoms with E-state index in [0.717, 1.165) is 49.7 Å². The largest absolute Gasteiger partial charge is 0.289 e. The summed E-state index contributed by atoms with van der Waals surface area (Å²) < 4.78 is 0. The number of ketones is 1. The molecule has 0 atom stereocenters. The van der Waals surface area contributed by atoms with Gasteiger partial charge in [0.1, 0.15) is 0 Å². The van der Waals surface area contributed by atoms with Crippen LogP contribution in [0.25, 0.3) is 0 Å². The van der Waals surface area contributed by atoms with E-state index in [4.69, 9.17) is 0 Å². The minimum atomic E-state index is 0.174. The molecule has 0 heterocycles. The zero-order valence-corrected chi connectivity index (χ0v) is 25.6. The van der Waals surface area contributed by atoms with E-state index in [1.807, 2.05) is 100 Å². The lowest BCUT2D eigenvalue weighted by atomic mass is 9.80. The van der Waals surface area contributed by atoms with Crippen LogP contribution >= 0.6 is 0 Å². The standard InChI is InChI=1S/C23H30O.C3H6.4C2H6/c1-5-17-13-9-11-15-21(17)19(7-3)23(24)20(8-4)22-16-12-10-14-18(22)6-2;1-3-2;4*1-2/h5-8H,1-2,9-16H2,3-4H3;3H,1H2,2H3;4*1-2H3/b19-7+,20-8+;;;;;. The number of hydrogen-bond donors (Lipinski definition) is 0. The fraction of sp³-hybridized carbons (Fsp3) is 0.559. The monoisotopic (exact) mass is 484 g/mol. The molecule has 0 saturated carbocycles. The van der Waals surface area contributed by atoms with Crippen LogP contribution in [0.4, 0.5) is 0 Å². The van der Waals surface area contributed by atoms with Crippen molar-refractivity contribution in [1.29, 1.82) is 0 Å². The van der Waals surface area contributed by atoms with Crippen molar-refractivity contribution in [3.05, 3.63) is 83.6 Å². The molecule has 1 heteroatoms. The maximum absolute atomic E-state index is 13.4. The third-order valence-corrected chi connectivity index (χ3v) is 5.23. The Morgan fingerprint density at radius 1 is 0.571 bits per heavy atom. The molecule has 0 aromatic heterocycles. The molecule has 0 spiro atoms. The van der Waals surface area contributed by atoms with E-state index < -0.39 is 0 Å². The molecule has 35 heavy (non-hydrogen) atoms. The molecule has 0 saturated heterocycles. The van der Waals surface area contributed by atoms with Crippen LogP contribution < -0.4 is 0 Å². The Kier molecular flexibility index (Phi) is 34.2. The predicted octanol–water partition coefficient (Wildman–Crippen LogP) is 11.9. The Morgan fingerprint density at radius 2 is 0.829 bits per heavy atom. The molecule has 2 aliphatic carbocycles. The van der Waals surface area contributed by atoms with E-state index >= 15 is 0 Å². The molecule has 0 radical (unpaired) electrons. The molecule has 0 aliphatic heterocycles. The van der Waals surface area contributed by atoms with Gasteiger partial charge >= 0.3 is 0 Å². The van der Waals surface area contributed by atoms with Gasteiger partial charge in [-0.05, 0) is 94.4 Å². The van der Waals surface area contributed by atoms with Crippen molar-refractivity contribution in [3.8, 4) is 0 Å². The molecule has 0 aromatic rings. The van der Waals surface area contributed by atoms with Gasteiger partial charge in [-0.3, -0.25) is 4.79 Å². The smallest absolute Gasteiger partial charge is 0.192 e. The highest BCUT2D eigenvalue weighted by atomic mass is 16.1. The second kappa shape index (κ2) is 29.9. The minimum absolute atomic E-state index is 0.174. The van der Waals surface area contributed by atoms with Crippen LogP contribution in [0, 0.1) is 0 Å². The maximum Gasteiger partial charge on any atom is 0.192 e. The summed E-state index contributed by atoms with van der Waals surface area (Å²) in [6, 6.07) is 0. The Morgan fingerprint density at radius 3 is 1.06 bits per heavy atom. The van der Waals surface area contributed by atoms with Crippen LogP contribution in [0.3, 0.4) is 0 Å². The average molecular weight is 485 g/mol. The molecule has 0 fully saturated rings. The van der Waals surface area contributed by atoms with Gasteiger partial charge in [-0.2, -0.15) is 0 Å². The van der Waals surface area contributed by atoms with E-state index in [1.165, 1.54) is 35.1 Å². The highest BCUT2D eigenvalue weighted by Gasteiger charge is 2.25. The van der Waals surface area contributed by atoms with Gasteiger partial charge in [-0.25, -0.2) is 0 Å². The maximum atomic E-state index is 13.4. The van der Waals surface area contributed by atoms with Crippen LogP contribution in [0.5, 0.6) is 0 Å². The van der Waals surface area contributed by atoms with Gasteiger partial charge in [0.05, 0.1) is 0 Å². The summed E-state index contributed by atoms with van der Waals surface area (Å²) in [5.41, 5.74) is 6.66. The average Bonchev–Trinajstić information content (AvgIpc) is 2.95. The quantitative estimate of drug-likeness (QED) is 0.270. The van der Waals surface area contributed by atoms with Crippen LogP contribution in [0.2, 0.25) is 0 Å². The zero-order valence-electron chi connectivity index (χ0n) is 25.6. The van der Waals surface area contributed by atoms with E-state index in [1.54, 1.807) is 6.08 Å². The Bertz CT molecular complexity index is 636. The lowest BCUT2D eigenvalue weighted by Gasteiger charge is -2.24. The summed E-state index contributed by atoms with van der Waals surface area (Å²) in [6.45, 7) is 33.1. The SMILES string of the molecule is C=CC.C=CC1=C(/C(=C\C)C(=O)/C(=C/C)C2=C(C=C)CCCC2)CCCC1.CC.CC.CC.CC. The first-order valence-electron chi connectivity index (χ1n) is 14.2. The molecule has 2 rings (SSSR count). The van der Waals surface area contributed by atoms with Gasteiger partial charge in [-0.1, -0.05) is 98.9 Å². The molecule has 0 aromatic carbocycles. The summed E-state index contributed by atoms with van der Waals surface area (Å²) in [5, 5.41) is 0. The number of Topliss-reactive ketones (excluding diaryl/α,β-unsaturated/α-hetero) is 1. The lowest BCUT2D eigenvalue weighted by molar-refractivity contribution is -0.111. The normalized spacial score (nSPS) is 14.9. The van der Waals surface area contributed by atoms with Crippen LogP contribution in [-0.4, -0.2) is 5.78 Å². The van der Waals surface area contributed by atoms with Gasteiger partial charge in [0.25, 0.3) is 0 Å². The molecule has 0 amide bonds. The summed E-state index contributed by atoms with van der Waals surface area (Å²) in [4.78, 5) is 13.4. The van der Waals surface area contributed by atoms with Crippen LogP contribution in [0.1, 0.15) is 128 Å². The third-order valence-electron chi connectivity index (χ3n) is 5.23. The van der Waals surface area contributed by atoms with E-state index in [9.17, 15) is 4.79 Å². The number of rotatable bonds is 6. The highest BCUT2D eigenvalue weighted by molar-refractivity contribution is 6.14. The van der Waals surface area contributed by atoms with Crippen molar-refractivity contribution in [1.82, 2.24) is 0 Å². The summed E-state index contributed by atoms with van der Waals surface area (Å²) in [7, 11) is 0. The molecule has 0 N–H and O–H groups in total. The van der Waals surface area contributed by atoms with Crippen molar-refractivity contribution in [2.45, 2.75) is 128 Å². The number of hydrogen-bond acceptors (Lipinski definition) is 1. The number of carbonyl (C=O) groups excluding carboxylic acids is 1. The molecule has 0 bridgehead atoms. The molecule has 202 valence electrons. The summed E-state index contributed by atoms with van der Waals surface area (Å²) in [6.07, 6.45) is 18.4. The van der Waals surface area contributed by atoms with Crippen molar-refractivity contribution >= 4 is 5.78 Å². The van der Waals surface area contributed by atoms with Crippen LogP contribution in [-0.2, 0) is 4.79 Å². The third kappa shape index (κ3) is 14.8. The first-order chi connectivity index (χ1) is 17.1. The van der Waals surface area contributed by atoms with Crippen molar-refractivity contribution < 1.29 is 4.79 Å². The number of allylic oxidation sites excluding steroid dienone is 11. The van der Waals surface area contributed by atoms with Gasteiger partial charge < -0.3 is 0 Å². The van der Waals surface area contributed by atoms with E-state index in [0.29, 0.717) is 0 Å². The topological polar surface area (TPSA) is 17.1 Å². The van der Waals surface area contributed by atoms with Crippen LogP contribution in [0.15, 0.2) is 83.6 Å². The van der Waals surface area contributed by atoms with E-state index in [2.05, 4.69) is 19.7 Å². The second-order valence-corrected chi connectivity index (χ2v) is 6.97. The molecule has 1 nitrogen and oxygen atoms in total. The molecule has 2 aliphatic rings. The van der Waals surface area contributed by atoms with Crippen molar-refractivity contribution in [2.24, 2.45) is 0 Å². The van der Waals surface area contributed by atoms with Crippen molar-refractivity contribution in [2.75, 3.05) is 0 Å². The first kappa shape index (κ1) is 40.0. The Hall–Kier alpha value is -2.15. The Balaban J connectivity index is -0.000000381. The second-order valence-electron chi connectivity index (χ2n) is 6.97. The highest BCUT2D eigenvalue weighted by Crippen LogP contribution is 2.36. The Labute approximate surface area is 221 Å². The van der Waals surface area contributed by atoms with Gasteiger partial charge in [0.2, 0.25) is 0 Å². The van der Waals surface area contributed by atoms with Gasteiger partial charge in [-0.15, -0.1) is 6.58 Å². The van der Waals surface area contributed by atoms with E-state index in [-0.39, 0.29) is 5.78 Å². The lowest BCUT2D eigenvalue weighted by Crippen LogP contribution is -2.15. The fourth-order valence-corrected chi connectivity index (χ4v) is 3.95. The van der Waals surface area contributed by atoms with Crippen molar-refractivity contribution in [3.63, 3.8) is 0 Å². The zero-order chi connectivity index (χ0) is 28.2. The fourth-order valence-electron chi connectivity index (χ4n) is 3.95. The first-order valence-corrected chi connectivity index (χ1v) is 14.2. The summed E-state index contributed by atoms with van der Waals surface area (Å²) in [5.74, 6) is 0.174.